The normalized spacial score (nSPS) is 11.3. The number of benzene rings is 2. The quantitative estimate of drug-likeness (QED) is 0.561. The van der Waals surface area contributed by atoms with Crippen molar-refractivity contribution in [3.05, 3.63) is 62.7 Å². The van der Waals surface area contributed by atoms with E-state index in [4.69, 9.17) is 16.3 Å². The maximum Gasteiger partial charge on any atom is 0.416 e. The van der Waals surface area contributed by atoms with Crippen LogP contribution < -0.4 is 4.74 Å². The van der Waals surface area contributed by atoms with Gasteiger partial charge in [-0.05, 0) is 42.8 Å². The van der Waals surface area contributed by atoms with Crippen LogP contribution in [0.4, 0.5) is 18.9 Å². The highest BCUT2D eigenvalue weighted by Gasteiger charge is 2.33. The van der Waals surface area contributed by atoms with Gasteiger partial charge < -0.3 is 4.74 Å². The van der Waals surface area contributed by atoms with E-state index in [1.165, 1.54) is 18.2 Å². The summed E-state index contributed by atoms with van der Waals surface area (Å²) < 4.78 is 43.1. The van der Waals surface area contributed by atoms with E-state index in [0.717, 1.165) is 12.1 Å². The first-order valence-electron chi connectivity index (χ1n) is 5.98. The van der Waals surface area contributed by atoms with Gasteiger partial charge in [0.2, 0.25) is 5.75 Å². The molecule has 0 bridgehead atoms. The van der Waals surface area contributed by atoms with Gasteiger partial charge in [0.25, 0.3) is 0 Å². The minimum absolute atomic E-state index is 0.241. The Balaban J connectivity index is 2.42. The number of nitro groups is 1. The molecule has 0 unspecified atom stereocenters. The van der Waals surface area contributed by atoms with Crippen LogP contribution in [0.5, 0.6) is 11.5 Å². The van der Waals surface area contributed by atoms with Crippen LogP contribution in [0.25, 0.3) is 0 Å². The van der Waals surface area contributed by atoms with Gasteiger partial charge in [-0.1, -0.05) is 11.6 Å². The second-order valence-electron chi connectivity index (χ2n) is 4.45. The minimum atomic E-state index is -4.67. The maximum atomic E-state index is 12.6. The van der Waals surface area contributed by atoms with Crippen LogP contribution in [0.1, 0.15) is 11.1 Å². The molecule has 0 radical (unpaired) electrons. The summed E-state index contributed by atoms with van der Waals surface area (Å²) in [5, 5.41) is 11.4. The smallest absolute Gasteiger partial charge is 0.416 e. The summed E-state index contributed by atoms with van der Waals surface area (Å²) in [5.74, 6) is -0.0375. The Kier molecular flexibility index (Phi) is 4.27. The molecule has 0 aliphatic heterocycles. The van der Waals surface area contributed by atoms with Crippen LogP contribution in [-0.4, -0.2) is 4.92 Å². The lowest BCUT2D eigenvalue weighted by molar-refractivity contribution is -0.385. The number of halogens is 4. The van der Waals surface area contributed by atoms with E-state index in [1.807, 2.05) is 0 Å². The standard InChI is InChI=1S/C14H9ClF3NO3/c1-8-6-10(3-4-11(8)15)22-13-5-2-9(14(16,17)18)7-12(13)19(20)21/h2-7H,1H3. The molecule has 0 aliphatic rings. The van der Waals surface area contributed by atoms with E-state index in [1.54, 1.807) is 6.92 Å². The van der Waals surface area contributed by atoms with Crippen molar-refractivity contribution in [1.29, 1.82) is 0 Å². The fraction of sp³-hybridized carbons (Fsp3) is 0.143. The van der Waals surface area contributed by atoms with Crippen molar-refractivity contribution in [3.8, 4) is 11.5 Å². The Morgan fingerprint density at radius 1 is 1.18 bits per heavy atom. The molecule has 0 saturated heterocycles. The third kappa shape index (κ3) is 3.48. The van der Waals surface area contributed by atoms with E-state index in [0.29, 0.717) is 16.7 Å². The molecule has 116 valence electrons. The first-order valence-corrected chi connectivity index (χ1v) is 6.36. The summed E-state index contributed by atoms with van der Waals surface area (Å²) in [7, 11) is 0. The van der Waals surface area contributed by atoms with Gasteiger partial charge in [-0.2, -0.15) is 13.2 Å². The first kappa shape index (κ1) is 16.1. The molecule has 2 rings (SSSR count). The van der Waals surface area contributed by atoms with Gasteiger partial charge in [0.05, 0.1) is 10.5 Å². The highest BCUT2D eigenvalue weighted by atomic mass is 35.5. The molecule has 0 fully saturated rings. The molecular formula is C14H9ClF3NO3. The number of ether oxygens (including phenoxy) is 1. The van der Waals surface area contributed by atoms with Crippen LogP contribution in [0.15, 0.2) is 36.4 Å². The number of hydrogen-bond acceptors (Lipinski definition) is 3. The summed E-state index contributed by atoms with van der Waals surface area (Å²) in [6.45, 7) is 1.70. The second kappa shape index (κ2) is 5.84. The third-order valence-corrected chi connectivity index (χ3v) is 3.26. The fourth-order valence-electron chi connectivity index (χ4n) is 1.73. The molecule has 0 spiro atoms. The molecule has 2 aromatic carbocycles. The van der Waals surface area contributed by atoms with E-state index < -0.39 is 22.4 Å². The van der Waals surface area contributed by atoms with Crippen molar-refractivity contribution in [1.82, 2.24) is 0 Å². The van der Waals surface area contributed by atoms with Gasteiger partial charge in [0.1, 0.15) is 5.75 Å². The van der Waals surface area contributed by atoms with Crippen LogP contribution in [0.3, 0.4) is 0 Å². The summed E-state index contributed by atoms with van der Waals surface area (Å²) in [6, 6.07) is 6.62. The SMILES string of the molecule is Cc1cc(Oc2ccc(C(F)(F)F)cc2[N+](=O)[O-])ccc1Cl. The molecule has 0 aromatic heterocycles. The third-order valence-electron chi connectivity index (χ3n) is 2.84. The Bertz CT molecular complexity index is 732. The molecule has 0 aliphatic carbocycles. The van der Waals surface area contributed by atoms with Gasteiger partial charge in [-0.3, -0.25) is 10.1 Å². The van der Waals surface area contributed by atoms with Gasteiger partial charge in [0, 0.05) is 11.1 Å². The molecule has 2 aromatic rings. The number of nitrogens with zero attached hydrogens (tertiary/aromatic N) is 1. The fourth-order valence-corrected chi connectivity index (χ4v) is 1.85. The highest BCUT2D eigenvalue weighted by Crippen LogP contribution is 2.38. The van der Waals surface area contributed by atoms with Crippen molar-refractivity contribution in [3.63, 3.8) is 0 Å². The Hall–Kier alpha value is -2.28. The molecular weight excluding hydrogens is 323 g/mol. The zero-order chi connectivity index (χ0) is 16.5. The lowest BCUT2D eigenvalue weighted by Crippen LogP contribution is -2.06. The zero-order valence-corrected chi connectivity index (χ0v) is 11.9. The first-order chi connectivity index (χ1) is 10.2. The number of hydrogen-bond donors (Lipinski definition) is 0. The molecule has 8 heteroatoms. The van der Waals surface area contributed by atoms with Crippen LogP contribution in [0.2, 0.25) is 5.02 Å². The Morgan fingerprint density at radius 3 is 2.41 bits per heavy atom. The summed E-state index contributed by atoms with van der Waals surface area (Å²) in [5.41, 5.74) is -1.20. The van der Waals surface area contributed by atoms with Crippen molar-refractivity contribution in [2.45, 2.75) is 13.1 Å². The van der Waals surface area contributed by atoms with Crippen LogP contribution >= 0.6 is 11.6 Å². The van der Waals surface area contributed by atoms with E-state index in [9.17, 15) is 23.3 Å². The van der Waals surface area contributed by atoms with Gasteiger partial charge >= 0.3 is 11.9 Å². The summed E-state index contributed by atoms with van der Waals surface area (Å²) in [4.78, 5) is 10.0. The van der Waals surface area contributed by atoms with E-state index in [-0.39, 0.29) is 11.5 Å². The van der Waals surface area contributed by atoms with Crippen molar-refractivity contribution in [2.75, 3.05) is 0 Å². The lowest BCUT2D eigenvalue weighted by Gasteiger charge is -2.10. The zero-order valence-electron chi connectivity index (χ0n) is 11.1. The van der Waals surface area contributed by atoms with Crippen LogP contribution in [0, 0.1) is 17.0 Å². The molecule has 0 atom stereocenters. The van der Waals surface area contributed by atoms with Crippen LogP contribution in [-0.2, 0) is 6.18 Å². The molecule has 22 heavy (non-hydrogen) atoms. The average molecular weight is 332 g/mol. The van der Waals surface area contributed by atoms with E-state index in [2.05, 4.69) is 0 Å². The Morgan fingerprint density at radius 2 is 1.86 bits per heavy atom. The number of aryl methyl sites for hydroxylation is 1. The monoisotopic (exact) mass is 331 g/mol. The number of alkyl halides is 3. The van der Waals surface area contributed by atoms with Crippen molar-refractivity contribution in [2.24, 2.45) is 0 Å². The average Bonchev–Trinajstić information content (AvgIpc) is 2.42. The van der Waals surface area contributed by atoms with Crippen molar-refractivity contribution < 1.29 is 22.8 Å². The summed E-state index contributed by atoms with van der Waals surface area (Å²) in [6.07, 6.45) is -4.67. The molecule has 0 saturated carbocycles. The number of rotatable bonds is 3. The maximum absolute atomic E-state index is 12.6. The topological polar surface area (TPSA) is 52.4 Å². The van der Waals surface area contributed by atoms with E-state index >= 15 is 0 Å². The minimum Gasteiger partial charge on any atom is -0.450 e. The second-order valence-corrected chi connectivity index (χ2v) is 4.86. The molecule has 0 N–H and O–H groups in total. The predicted octanol–water partition coefficient (Wildman–Crippen LogP) is 5.37. The highest BCUT2D eigenvalue weighted by molar-refractivity contribution is 6.31. The largest absolute Gasteiger partial charge is 0.450 e. The predicted molar refractivity (Wildman–Crippen MR) is 74.4 cm³/mol. The van der Waals surface area contributed by atoms with Gasteiger partial charge in [-0.15, -0.1) is 0 Å². The van der Waals surface area contributed by atoms with Crippen molar-refractivity contribution >= 4 is 17.3 Å². The lowest BCUT2D eigenvalue weighted by atomic mass is 10.2. The molecule has 4 nitrogen and oxygen atoms in total. The number of nitro benzene ring substituents is 1. The molecule has 0 heterocycles. The summed E-state index contributed by atoms with van der Waals surface area (Å²) >= 11 is 5.85. The van der Waals surface area contributed by atoms with Gasteiger partial charge in [-0.25, -0.2) is 0 Å². The Labute approximate surface area is 128 Å². The van der Waals surface area contributed by atoms with Gasteiger partial charge in [0.15, 0.2) is 0 Å². The molecule has 0 amide bonds.